The zero-order chi connectivity index (χ0) is 22.1. The topological polar surface area (TPSA) is 70.8 Å². The molecule has 8 nitrogen and oxygen atoms in total. The molecule has 11 heteroatoms. The van der Waals surface area contributed by atoms with Gasteiger partial charge in [0.25, 0.3) is 0 Å². The standard InChI is InChI=1S/C21H24F3N7O/c22-21(23,24)17-1-2-26-12-16(17)19-27-20(30-7-9-32-10-8-30)18-11-15(14-31(18)28-19)13-29-5-3-25-4-6-29/h1-2,11-12,14,25H,3-10,13H2. The lowest BCUT2D eigenvalue weighted by molar-refractivity contribution is -0.137. The Morgan fingerprint density at radius 1 is 1.09 bits per heavy atom. The number of rotatable bonds is 4. The molecule has 3 aromatic heterocycles. The molecular formula is C21H24F3N7O. The number of halogens is 3. The average molecular weight is 447 g/mol. The van der Waals surface area contributed by atoms with E-state index >= 15 is 0 Å². The molecule has 5 heterocycles. The predicted octanol–water partition coefficient (Wildman–Crippen LogP) is 2.05. The third-order valence-corrected chi connectivity index (χ3v) is 5.79. The van der Waals surface area contributed by atoms with Gasteiger partial charge in [-0.3, -0.25) is 9.88 Å². The normalized spacial score (nSPS) is 18.4. The van der Waals surface area contributed by atoms with Crippen molar-refractivity contribution in [1.29, 1.82) is 0 Å². The molecule has 0 bridgehead atoms. The summed E-state index contributed by atoms with van der Waals surface area (Å²) in [7, 11) is 0. The van der Waals surface area contributed by atoms with Crippen molar-refractivity contribution in [2.45, 2.75) is 12.7 Å². The number of piperazine rings is 1. The molecule has 170 valence electrons. The highest BCUT2D eigenvalue weighted by Gasteiger charge is 2.35. The Morgan fingerprint density at radius 3 is 2.62 bits per heavy atom. The van der Waals surface area contributed by atoms with Crippen LogP contribution in [0.5, 0.6) is 0 Å². The third-order valence-electron chi connectivity index (χ3n) is 5.79. The fourth-order valence-electron chi connectivity index (χ4n) is 4.19. The van der Waals surface area contributed by atoms with Crippen LogP contribution in [0.3, 0.4) is 0 Å². The molecule has 0 atom stereocenters. The molecule has 0 aliphatic carbocycles. The number of ether oxygens (including phenoxy) is 1. The quantitative estimate of drug-likeness (QED) is 0.657. The molecular weight excluding hydrogens is 423 g/mol. The van der Waals surface area contributed by atoms with Crippen molar-refractivity contribution in [2.24, 2.45) is 0 Å². The van der Waals surface area contributed by atoms with Crippen molar-refractivity contribution in [2.75, 3.05) is 57.4 Å². The summed E-state index contributed by atoms with van der Waals surface area (Å²) in [4.78, 5) is 12.9. The van der Waals surface area contributed by atoms with Gasteiger partial charge in [0.15, 0.2) is 11.6 Å². The van der Waals surface area contributed by atoms with Gasteiger partial charge in [0.05, 0.1) is 24.3 Å². The highest BCUT2D eigenvalue weighted by atomic mass is 19.4. The van der Waals surface area contributed by atoms with E-state index in [0.29, 0.717) is 32.1 Å². The maximum atomic E-state index is 13.6. The Labute approximate surface area is 183 Å². The van der Waals surface area contributed by atoms with Crippen LogP contribution < -0.4 is 10.2 Å². The van der Waals surface area contributed by atoms with Crippen LogP contribution in [0.4, 0.5) is 19.0 Å². The van der Waals surface area contributed by atoms with Gasteiger partial charge in [0.1, 0.15) is 5.52 Å². The lowest BCUT2D eigenvalue weighted by Gasteiger charge is -2.28. The molecule has 0 aromatic carbocycles. The number of aromatic nitrogens is 4. The molecule has 2 saturated heterocycles. The number of morpholine rings is 1. The number of nitrogens with zero attached hydrogens (tertiary/aromatic N) is 6. The fraction of sp³-hybridized carbons (Fsp3) is 0.476. The minimum atomic E-state index is -4.53. The maximum absolute atomic E-state index is 13.6. The minimum Gasteiger partial charge on any atom is -0.378 e. The molecule has 2 fully saturated rings. The summed E-state index contributed by atoms with van der Waals surface area (Å²) >= 11 is 0. The highest BCUT2D eigenvalue weighted by Crippen LogP contribution is 2.36. The molecule has 2 aliphatic rings. The van der Waals surface area contributed by atoms with Crippen molar-refractivity contribution in [3.05, 3.63) is 41.9 Å². The van der Waals surface area contributed by atoms with Crippen molar-refractivity contribution in [3.8, 4) is 11.4 Å². The van der Waals surface area contributed by atoms with Gasteiger partial charge in [0, 0.05) is 64.4 Å². The first kappa shape index (κ1) is 21.1. The van der Waals surface area contributed by atoms with E-state index in [1.165, 1.54) is 6.20 Å². The molecule has 0 radical (unpaired) electrons. The molecule has 0 saturated carbocycles. The monoisotopic (exact) mass is 447 g/mol. The molecule has 2 aliphatic heterocycles. The Morgan fingerprint density at radius 2 is 1.88 bits per heavy atom. The fourth-order valence-corrected chi connectivity index (χ4v) is 4.19. The summed E-state index contributed by atoms with van der Waals surface area (Å²) in [5.41, 5.74) is 0.898. The smallest absolute Gasteiger partial charge is 0.378 e. The lowest BCUT2D eigenvalue weighted by Crippen LogP contribution is -2.42. The van der Waals surface area contributed by atoms with Gasteiger partial charge >= 0.3 is 6.18 Å². The average Bonchev–Trinajstić information content (AvgIpc) is 3.21. The van der Waals surface area contributed by atoms with Crippen LogP contribution in [0.1, 0.15) is 11.1 Å². The van der Waals surface area contributed by atoms with Crippen LogP contribution in [0.2, 0.25) is 0 Å². The van der Waals surface area contributed by atoms with E-state index in [1.54, 1.807) is 4.52 Å². The van der Waals surface area contributed by atoms with Crippen LogP contribution in [0.25, 0.3) is 16.9 Å². The van der Waals surface area contributed by atoms with E-state index in [0.717, 1.165) is 56.1 Å². The molecule has 0 amide bonds. The van der Waals surface area contributed by atoms with Gasteiger partial charge in [-0.05, 0) is 17.7 Å². The van der Waals surface area contributed by atoms with E-state index in [9.17, 15) is 13.2 Å². The van der Waals surface area contributed by atoms with E-state index < -0.39 is 11.7 Å². The lowest BCUT2D eigenvalue weighted by atomic mass is 10.1. The zero-order valence-electron chi connectivity index (χ0n) is 17.5. The Balaban J connectivity index is 1.60. The van der Waals surface area contributed by atoms with Gasteiger partial charge < -0.3 is 15.0 Å². The van der Waals surface area contributed by atoms with E-state index in [4.69, 9.17) is 4.74 Å². The largest absolute Gasteiger partial charge is 0.417 e. The van der Waals surface area contributed by atoms with Gasteiger partial charge in [0.2, 0.25) is 0 Å². The Kier molecular flexibility index (Phi) is 5.70. The number of fused-ring (bicyclic) bond motifs is 1. The third kappa shape index (κ3) is 4.27. The second kappa shape index (κ2) is 8.64. The zero-order valence-corrected chi connectivity index (χ0v) is 17.5. The van der Waals surface area contributed by atoms with Gasteiger partial charge in [-0.15, -0.1) is 5.10 Å². The second-order valence-corrected chi connectivity index (χ2v) is 7.98. The molecule has 32 heavy (non-hydrogen) atoms. The summed E-state index contributed by atoms with van der Waals surface area (Å²) in [6.07, 6.45) is -0.330. The van der Waals surface area contributed by atoms with Crippen molar-refractivity contribution < 1.29 is 17.9 Å². The second-order valence-electron chi connectivity index (χ2n) is 7.98. The number of pyridine rings is 1. The first-order chi connectivity index (χ1) is 15.5. The van der Waals surface area contributed by atoms with Crippen LogP contribution in [-0.4, -0.2) is 77.0 Å². The summed E-state index contributed by atoms with van der Waals surface area (Å²) in [5, 5.41) is 7.80. The van der Waals surface area contributed by atoms with Gasteiger partial charge in [-0.2, -0.15) is 13.2 Å². The number of nitrogens with one attached hydrogen (secondary N) is 1. The van der Waals surface area contributed by atoms with Crippen LogP contribution in [0, 0.1) is 0 Å². The SMILES string of the molecule is FC(F)(F)c1ccncc1-c1nc(N2CCOCC2)c2cc(CN3CCNCC3)cn2n1. The summed E-state index contributed by atoms with van der Waals surface area (Å²) in [6, 6.07) is 2.99. The van der Waals surface area contributed by atoms with Crippen molar-refractivity contribution >= 4 is 11.3 Å². The highest BCUT2D eigenvalue weighted by molar-refractivity contribution is 5.73. The van der Waals surface area contributed by atoms with E-state index in [2.05, 4.69) is 25.3 Å². The molecule has 5 rings (SSSR count). The molecule has 0 unspecified atom stereocenters. The van der Waals surface area contributed by atoms with E-state index in [-0.39, 0.29) is 11.4 Å². The number of hydrogen-bond donors (Lipinski definition) is 1. The summed E-state index contributed by atoms with van der Waals surface area (Å²) in [5.74, 6) is 0.616. The van der Waals surface area contributed by atoms with Crippen molar-refractivity contribution in [3.63, 3.8) is 0 Å². The molecule has 1 N–H and O–H groups in total. The van der Waals surface area contributed by atoms with Crippen molar-refractivity contribution in [1.82, 2.24) is 29.8 Å². The van der Waals surface area contributed by atoms with E-state index in [1.807, 2.05) is 17.2 Å². The Bertz CT molecular complexity index is 1090. The maximum Gasteiger partial charge on any atom is 0.417 e. The summed E-state index contributed by atoms with van der Waals surface area (Å²) in [6.45, 7) is 6.85. The number of alkyl halides is 3. The molecule has 3 aromatic rings. The minimum absolute atomic E-state index is 0.00346. The Hall–Kier alpha value is -2.76. The first-order valence-corrected chi connectivity index (χ1v) is 10.7. The van der Waals surface area contributed by atoms with Gasteiger partial charge in [-0.1, -0.05) is 0 Å². The number of anilines is 1. The van der Waals surface area contributed by atoms with Crippen LogP contribution in [-0.2, 0) is 17.5 Å². The first-order valence-electron chi connectivity index (χ1n) is 10.7. The van der Waals surface area contributed by atoms with Gasteiger partial charge in [-0.25, -0.2) is 9.50 Å². The van der Waals surface area contributed by atoms with Crippen LogP contribution in [0.15, 0.2) is 30.7 Å². The summed E-state index contributed by atoms with van der Waals surface area (Å²) < 4.78 is 48.0. The number of hydrogen-bond acceptors (Lipinski definition) is 7. The predicted molar refractivity (Wildman–Crippen MR) is 112 cm³/mol. The van der Waals surface area contributed by atoms with Crippen LogP contribution >= 0.6 is 0 Å². The molecule has 0 spiro atoms.